The van der Waals surface area contributed by atoms with E-state index in [1.54, 1.807) is 38.3 Å². The van der Waals surface area contributed by atoms with Crippen LogP contribution in [0, 0.1) is 0 Å². The Kier molecular flexibility index (Phi) is 4.99. The molecule has 3 nitrogen and oxygen atoms in total. The zero-order valence-electron chi connectivity index (χ0n) is 9.77. The first-order valence-corrected chi connectivity index (χ1v) is 5.49. The second-order valence-electron chi connectivity index (χ2n) is 3.89. The highest BCUT2D eigenvalue weighted by molar-refractivity contribution is 5.96. The Hall–Kier alpha value is -1.35. The molecular weight excluding hydrogens is 204 g/mol. The number of hydrogen-bond donors (Lipinski definition) is 1. The van der Waals surface area contributed by atoms with Gasteiger partial charge < -0.3 is 9.84 Å². The van der Waals surface area contributed by atoms with Gasteiger partial charge in [0.15, 0.2) is 5.78 Å². The van der Waals surface area contributed by atoms with Crippen molar-refractivity contribution in [2.45, 2.75) is 32.3 Å². The summed E-state index contributed by atoms with van der Waals surface area (Å²) in [7, 11) is 1.60. The molecule has 0 radical (unpaired) electrons. The molecular formula is C13H18O3. The van der Waals surface area contributed by atoms with Crippen LogP contribution in [0.1, 0.15) is 36.5 Å². The summed E-state index contributed by atoms with van der Waals surface area (Å²) in [4.78, 5) is 11.7. The van der Waals surface area contributed by atoms with Crippen molar-refractivity contribution in [3.05, 3.63) is 29.8 Å². The zero-order valence-corrected chi connectivity index (χ0v) is 9.77. The first-order valence-electron chi connectivity index (χ1n) is 5.49. The molecule has 0 spiro atoms. The number of Topliss-reactive ketones (excluding diaryl/α,β-unsaturated/α-hetero) is 1. The first-order chi connectivity index (χ1) is 7.63. The normalized spacial score (nSPS) is 12.2. The van der Waals surface area contributed by atoms with Crippen molar-refractivity contribution >= 4 is 5.78 Å². The molecule has 88 valence electrons. The quantitative estimate of drug-likeness (QED) is 0.752. The van der Waals surface area contributed by atoms with Crippen molar-refractivity contribution in [2.75, 3.05) is 7.11 Å². The number of hydrogen-bond acceptors (Lipinski definition) is 3. The van der Waals surface area contributed by atoms with E-state index < -0.39 is 0 Å². The maximum Gasteiger partial charge on any atom is 0.162 e. The fourth-order valence-electron chi connectivity index (χ4n) is 1.48. The van der Waals surface area contributed by atoms with Gasteiger partial charge in [0.05, 0.1) is 13.2 Å². The number of benzene rings is 1. The molecule has 16 heavy (non-hydrogen) atoms. The Morgan fingerprint density at radius 1 is 1.38 bits per heavy atom. The van der Waals surface area contributed by atoms with Crippen LogP contribution in [-0.2, 0) is 0 Å². The van der Waals surface area contributed by atoms with Crippen LogP contribution in [-0.4, -0.2) is 24.1 Å². The summed E-state index contributed by atoms with van der Waals surface area (Å²) in [5.74, 6) is 0.865. The molecule has 0 aliphatic carbocycles. The summed E-state index contributed by atoms with van der Waals surface area (Å²) >= 11 is 0. The van der Waals surface area contributed by atoms with Crippen molar-refractivity contribution < 1.29 is 14.6 Å². The van der Waals surface area contributed by atoms with Gasteiger partial charge in [-0.15, -0.1) is 0 Å². The van der Waals surface area contributed by atoms with Crippen LogP contribution < -0.4 is 4.74 Å². The predicted molar refractivity (Wildman–Crippen MR) is 62.9 cm³/mol. The number of rotatable bonds is 6. The molecule has 1 N–H and O–H groups in total. The molecule has 1 aromatic carbocycles. The minimum absolute atomic E-state index is 0.114. The summed E-state index contributed by atoms with van der Waals surface area (Å²) < 4.78 is 5.02. The molecule has 0 aromatic heterocycles. The molecule has 1 rings (SSSR count). The molecule has 0 aliphatic heterocycles. The van der Waals surface area contributed by atoms with Crippen molar-refractivity contribution in [3.8, 4) is 5.75 Å². The molecule has 0 unspecified atom stereocenters. The number of carbonyl (C=O) groups excluding carboxylic acids is 1. The number of aliphatic hydroxyl groups is 1. The van der Waals surface area contributed by atoms with Crippen LogP contribution in [0.15, 0.2) is 24.3 Å². The molecule has 0 fully saturated rings. The van der Waals surface area contributed by atoms with Gasteiger partial charge in [-0.2, -0.15) is 0 Å². The second kappa shape index (κ2) is 6.28. The van der Waals surface area contributed by atoms with E-state index >= 15 is 0 Å². The lowest BCUT2D eigenvalue weighted by atomic mass is 10.0. The highest BCUT2D eigenvalue weighted by atomic mass is 16.5. The van der Waals surface area contributed by atoms with E-state index in [0.29, 0.717) is 18.4 Å². The van der Waals surface area contributed by atoms with Crippen LogP contribution in [0.4, 0.5) is 0 Å². The smallest absolute Gasteiger partial charge is 0.162 e. The highest BCUT2D eigenvalue weighted by Crippen LogP contribution is 2.14. The summed E-state index contributed by atoms with van der Waals surface area (Å²) in [6.45, 7) is 1.73. The van der Waals surface area contributed by atoms with Gasteiger partial charge >= 0.3 is 0 Å². The van der Waals surface area contributed by atoms with Crippen molar-refractivity contribution in [1.82, 2.24) is 0 Å². The van der Waals surface area contributed by atoms with E-state index in [1.807, 2.05) is 0 Å². The van der Waals surface area contributed by atoms with E-state index in [-0.39, 0.29) is 11.9 Å². The second-order valence-corrected chi connectivity index (χ2v) is 3.89. The molecule has 0 aliphatic rings. The minimum atomic E-state index is -0.330. The lowest BCUT2D eigenvalue weighted by molar-refractivity contribution is 0.0972. The number of methoxy groups -OCH3 is 1. The first kappa shape index (κ1) is 12.7. The Morgan fingerprint density at radius 3 is 2.50 bits per heavy atom. The molecule has 1 atom stereocenters. The SMILES string of the molecule is COc1ccc(C(=O)CCC[C@H](C)O)cc1. The highest BCUT2D eigenvalue weighted by Gasteiger charge is 2.06. The number of ether oxygens (including phenoxy) is 1. The average molecular weight is 222 g/mol. The summed E-state index contributed by atoms with van der Waals surface area (Å²) in [6, 6.07) is 7.09. The fourth-order valence-corrected chi connectivity index (χ4v) is 1.48. The monoisotopic (exact) mass is 222 g/mol. The van der Waals surface area contributed by atoms with Crippen LogP contribution in [0.2, 0.25) is 0 Å². The standard InChI is InChI=1S/C13H18O3/c1-10(14)4-3-5-13(15)11-6-8-12(16-2)9-7-11/h6-10,14H,3-5H2,1-2H3/t10-/m0/s1. The molecule has 1 aromatic rings. The molecule has 0 saturated heterocycles. The third kappa shape index (κ3) is 4.03. The zero-order chi connectivity index (χ0) is 12.0. The van der Waals surface area contributed by atoms with E-state index in [9.17, 15) is 4.79 Å². The van der Waals surface area contributed by atoms with Crippen LogP contribution in [0.3, 0.4) is 0 Å². The van der Waals surface area contributed by atoms with E-state index in [4.69, 9.17) is 9.84 Å². The Morgan fingerprint density at radius 2 is 2.00 bits per heavy atom. The van der Waals surface area contributed by atoms with Crippen molar-refractivity contribution in [1.29, 1.82) is 0 Å². The Balaban J connectivity index is 2.46. The molecule has 0 saturated carbocycles. The van der Waals surface area contributed by atoms with Crippen LogP contribution in [0.25, 0.3) is 0 Å². The molecule has 0 amide bonds. The number of aliphatic hydroxyl groups excluding tert-OH is 1. The van der Waals surface area contributed by atoms with Gasteiger partial charge in [-0.3, -0.25) is 4.79 Å². The maximum absolute atomic E-state index is 11.7. The van der Waals surface area contributed by atoms with Gasteiger partial charge in [0.1, 0.15) is 5.75 Å². The minimum Gasteiger partial charge on any atom is -0.497 e. The van der Waals surface area contributed by atoms with Crippen molar-refractivity contribution in [2.24, 2.45) is 0 Å². The summed E-state index contributed by atoms with van der Waals surface area (Å²) in [5.41, 5.74) is 0.700. The fraction of sp³-hybridized carbons (Fsp3) is 0.462. The van der Waals surface area contributed by atoms with E-state index in [1.165, 1.54) is 0 Å². The third-order valence-electron chi connectivity index (χ3n) is 2.44. The lowest BCUT2D eigenvalue weighted by Crippen LogP contribution is -2.03. The summed E-state index contributed by atoms with van der Waals surface area (Å²) in [6.07, 6.45) is 1.55. The Labute approximate surface area is 96.1 Å². The van der Waals surface area contributed by atoms with Gasteiger partial charge in [0.2, 0.25) is 0 Å². The van der Waals surface area contributed by atoms with Crippen LogP contribution >= 0.6 is 0 Å². The average Bonchev–Trinajstić information content (AvgIpc) is 2.28. The van der Waals surface area contributed by atoms with E-state index in [2.05, 4.69) is 0 Å². The molecule has 0 bridgehead atoms. The Bertz CT molecular complexity index is 328. The van der Waals surface area contributed by atoms with Gasteiger partial charge in [0, 0.05) is 12.0 Å². The largest absolute Gasteiger partial charge is 0.497 e. The van der Waals surface area contributed by atoms with Gasteiger partial charge in [-0.25, -0.2) is 0 Å². The van der Waals surface area contributed by atoms with Gasteiger partial charge in [-0.05, 0) is 44.0 Å². The third-order valence-corrected chi connectivity index (χ3v) is 2.44. The number of carbonyl (C=O) groups is 1. The van der Waals surface area contributed by atoms with Crippen LogP contribution in [0.5, 0.6) is 5.75 Å². The van der Waals surface area contributed by atoms with E-state index in [0.717, 1.165) is 12.2 Å². The van der Waals surface area contributed by atoms with Gasteiger partial charge in [0.25, 0.3) is 0 Å². The van der Waals surface area contributed by atoms with Crippen molar-refractivity contribution in [3.63, 3.8) is 0 Å². The molecule has 0 heterocycles. The lowest BCUT2D eigenvalue weighted by Gasteiger charge is -2.04. The molecule has 3 heteroatoms. The summed E-state index contributed by atoms with van der Waals surface area (Å²) in [5, 5.41) is 9.08. The topological polar surface area (TPSA) is 46.5 Å². The number of ketones is 1. The van der Waals surface area contributed by atoms with Gasteiger partial charge in [-0.1, -0.05) is 0 Å². The predicted octanol–water partition coefficient (Wildman–Crippen LogP) is 2.43. The maximum atomic E-state index is 11.7.